The van der Waals surface area contributed by atoms with Crippen molar-refractivity contribution in [3.63, 3.8) is 0 Å². The van der Waals surface area contributed by atoms with Crippen LogP contribution in [0.5, 0.6) is 5.75 Å². The molecule has 1 N–H and O–H groups in total. The van der Waals surface area contributed by atoms with Crippen molar-refractivity contribution in [3.05, 3.63) is 58.1 Å². The van der Waals surface area contributed by atoms with Gasteiger partial charge in [0.15, 0.2) is 6.10 Å². The summed E-state index contributed by atoms with van der Waals surface area (Å²) in [7, 11) is 0. The topological polar surface area (TPSA) is 38.3 Å². The molecule has 0 aliphatic carbocycles. The zero-order valence-corrected chi connectivity index (χ0v) is 13.9. The number of aryl methyl sites for hydroxylation is 2. The molecule has 0 heterocycles. The second-order valence-corrected chi connectivity index (χ2v) is 5.85. The van der Waals surface area contributed by atoms with E-state index in [1.807, 2.05) is 56.3 Å². The maximum absolute atomic E-state index is 12.2. The smallest absolute Gasteiger partial charge is 0.265 e. The van der Waals surface area contributed by atoms with Crippen molar-refractivity contribution in [3.8, 4) is 5.75 Å². The van der Waals surface area contributed by atoms with E-state index < -0.39 is 6.10 Å². The van der Waals surface area contributed by atoms with Crippen molar-refractivity contribution in [2.24, 2.45) is 0 Å². The molecule has 4 heteroatoms. The summed E-state index contributed by atoms with van der Waals surface area (Å²) in [5.41, 5.74) is 2.86. The van der Waals surface area contributed by atoms with Crippen LogP contribution in [0.15, 0.2) is 46.9 Å². The maximum Gasteiger partial charge on any atom is 0.265 e. The molecule has 0 spiro atoms. The number of para-hydroxylation sites is 1. The number of rotatable bonds is 4. The van der Waals surface area contributed by atoms with Gasteiger partial charge in [-0.15, -0.1) is 0 Å². The van der Waals surface area contributed by atoms with Crippen LogP contribution in [0.25, 0.3) is 0 Å². The number of hydrogen-bond donors (Lipinski definition) is 1. The Morgan fingerprint density at radius 3 is 2.62 bits per heavy atom. The molecule has 2 aromatic rings. The molecular weight excluding hydrogens is 330 g/mol. The van der Waals surface area contributed by atoms with Crippen molar-refractivity contribution < 1.29 is 9.53 Å². The van der Waals surface area contributed by atoms with E-state index >= 15 is 0 Å². The fourth-order valence-corrected chi connectivity index (χ4v) is 2.26. The van der Waals surface area contributed by atoms with Crippen LogP contribution in [0, 0.1) is 13.8 Å². The van der Waals surface area contributed by atoms with Crippen LogP contribution in [-0.4, -0.2) is 12.0 Å². The van der Waals surface area contributed by atoms with Crippen molar-refractivity contribution in [2.75, 3.05) is 5.32 Å². The first-order valence-corrected chi connectivity index (χ1v) is 7.56. The third-order valence-corrected chi connectivity index (χ3v) is 3.84. The first-order chi connectivity index (χ1) is 9.97. The van der Waals surface area contributed by atoms with E-state index in [-0.39, 0.29) is 5.91 Å². The standard InChI is InChI=1S/C17H18BrNO2/c1-11-8-9-12(2)16(10-11)21-13(3)17(20)19-15-7-5-4-6-14(15)18/h4-10,13H,1-3H3,(H,19,20). The van der Waals surface area contributed by atoms with E-state index in [0.29, 0.717) is 0 Å². The predicted octanol–water partition coefficient (Wildman–Crippen LogP) is 4.47. The molecule has 0 radical (unpaired) electrons. The lowest BCUT2D eigenvalue weighted by Crippen LogP contribution is -2.30. The highest BCUT2D eigenvalue weighted by atomic mass is 79.9. The highest BCUT2D eigenvalue weighted by Crippen LogP contribution is 2.23. The average molecular weight is 348 g/mol. The van der Waals surface area contributed by atoms with Gasteiger partial charge in [0.05, 0.1) is 5.69 Å². The molecule has 0 aromatic heterocycles. The van der Waals surface area contributed by atoms with Gasteiger partial charge < -0.3 is 10.1 Å². The number of amides is 1. The largest absolute Gasteiger partial charge is 0.481 e. The molecular formula is C17H18BrNO2. The predicted molar refractivity (Wildman–Crippen MR) is 88.8 cm³/mol. The van der Waals surface area contributed by atoms with E-state index in [4.69, 9.17) is 4.74 Å². The Kier molecular flexibility index (Phi) is 5.02. The molecule has 0 fully saturated rings. The van der Waals surface area contributed by atoms with E-state index in [1.165, 1.54) is 0 Å². The molecule has 3 nitrogen and oxygen atoms in total. The number of benzene rings is 2. The quantitative estimate of drug-likeness (QED) is 0.885. The average Bonchev–Trinajstić information content (AvgIpc) is 2.45. The van der Waals surface area contributed by atoms with Crippen LogP contribution in [0.1, 0.15) is 18.1 Å². The molecule has 0 saturated carbocycles. The SMILES string of the molecule is Cc1ccc(C)c(OC(C)C(=O)Nc2ccccc2Br)c1. The Labute approximate surface area is 133 Å². The number of carbonyl (C=O) groups is 1. The van der Waals surface area contributed by atoms with Crippen molar-refractivity contribution in [2.45, 2.75) is 26.9 Å². The molecule has 1 atom stereocenters. The number of carbonyl (C=O) groups excluding carboxylic acids is 1. The van der Waals surface area contributed by atoms with Crippen LogP contribution < -0.4 is 10.1 Å². The maximum atomic E-state index is 12.2. The molecule has 110 valence electrons. The molecule has 1 amide bonds. The van der Waals surface area contributed by atoms with Gasteiger partial charge >= 0.3 is 0 Å². The zero-order chi connectivity index (χ0) is 15.4. The van der Waals surface area contributed by atoms with Crippen molar-refractivity contribution >= 4 is 27.5 Å². The minimum Gasteiger partial charge on any atom is -0.481 e. The lowest BCUT2D eigenvalue weighted by atomic mass is 10.1. The van der Waals surface area contributed by atoms with Gasteiger partial charge in [0.1, 0.15) is 5.75 Å². The second kappa shape index (κ2) is 6.76. The van der Waals surface area contributed by atoms with E-state index in [0.717, 1.165) is 27.0 Å². The molecule has 0 aliphatic heterocycles. The van der Waals surface area contributed by atoms with Gasteiger partial charge in [0.25, 0.3) is 5.91 Å². The van der Waals surface area contributed by atoms with Crippen LogP contribution in [0.3, 0.4) is 0 Å². The Bertz CT molecular complexity index is 655. The normalized spacial score (nSPS) is 11.8. The van der Waals surface area contributed by atoms with Crippen LogP contribution in [0.4, 0.5) is 5.69 Å². The summed E-state index contributed by atoms with van der Waals surface area (Å²) >= 11 is 3.41. The minimum absolute atomic E-state index is 0.178. The lowest BCUT2D eigenvalue weighted by Gasteiger charge is -2.17. The van der Waals surface area contributed by atoms with Gasteiger partial charge in [-0.25, -0.2) is 0 Å². The van der Waals surface area contributed by atoms with Crippen LogP contribution in [0.2, 0.25) is 0 Å². The number of anilines is 1. The molecule has 0 saturated heterocycles. The Balaban J connectivity index is 2.06. The van der Waals surface area contributed by atoms with Gasteiger partial charge in [-0.3, -0.25) is 4.79 Å². The number of ether oxygens (including phenoxy) is 1. The summed E-state index contributed by atoms with van der Waals surface area (Å²) < 4.78 is 6.62. The van der Waals surface area contributed by atoms with Gasteiger partial charge in [-0.05, 0) is 66.0 Å². The molecule has 2 rings (SSSR count). The summed E-state index contributed by atoms with van der Waals surface area (Å²) in [5, 5.41) is 2.85. The van der Waals surface area contributed by atoms with E-state index in [2.05, 4.69) is 21.2 Å². The van der Waals surface area contributed by atoms with Crippen molar-refractivity contribution in [1.82, 2.24) is 0 Å². The van der Waals surface area contributed by atoms with E-state index in [1.54, 1.807) is 6.92 Å². The monoisotopic (exact) mass is 347 g/mol. The number of nitrogens with one attached hydrogen (secondary N) is 1. The Morgan fingerprint density at radius 1 is 1.19 bits per heavy atom. The van der Waals surface area contributed by atoms with Crippen molar-refractivity contribution in [1.29, 1.82) is 0 Å². The summed E-state index contributed by atoms with van der Waals surface area (Å²) in [5.74, 6) is 0.563. The zero-order valence-electron chi connectivity index (χ0n) is 12.3. The van der Waals surface area contributed by atoms with E-state index in [9.17, 15) is 4.79 Å². The minimum atomic E-state index is -0.572. The fourth-order valence-electron chi connectivity index (χ4n) is 1.88. The lowest BCUT2D eigenvalue weighted by molar-refractivity contribution is -0.122. The van der Waals surface area contributed by atoms with Gasteiger partial charge in [0, 0.05) is 4.47 Å². The Hall–Kier alpha value is -1.81. The van der Waals surface area contributed by atoms with Gasteiger partial charge in [-0.1, -0.05) is 24.3 Å². The highest BCUT2D eigenvalue weighted by Gasteiger charge is 2.16. The van der Waals surface area contributed by atoms with Gasteiger partial charge in [-0.2, -0.15) is 0 Å². The highest BCUT2D eigenvalue weighted by molar-refractivity contribution is 9.10. The summed E-state index contributed by atoms with van der Waals surface area (Å²) in [6.45, 7) is 5.71. The molecule has 0 aliphatic rings. The third kappa shape index (κ3) is 4.08. The number of halogens is 1. The first-order valence-electron chi connectivity index (χ1n) is 6.76. The van der Waals surface area contributed by atoms with Crippen LogP contribution >= 0.6 is 15.9 Å². The molecule has 1 unspecified atom stereocenters. The molecule has 2 aromatic carbocycles. The van der Waals surface area contributed by atoms with Crippen LogP contribution in [-0.2, 0) is 4.79 Å². The second-order valence-electron chi connectivity index (χ2n) is 5.00. The van der Waals surface area contributed by atoms with Gasteiger partial charge in [0.2, 0.25) is 0 Å². The summed E-state index contributed by atoms with van der Waals surface area (Å²) in [6, 6.07) is 13.4. The molecule has 0 bridgehead atoms. The third-order valence-electron chi connectivity index (χ3n) is 3.15. The number of hydrogen-bond acceptors (Lipinski definition) is 2. The first kappa shape index (κ1) is 15.6. The summed E-state index contributed by atoms with van der Waals surface area (Å²) in [6.07, 6.45) is -0.572. The Morgan fingerprint density at radius 2 is 1.90 bits per heavy atom. The molecule has 21 heavy (non-hydrogen) atoms. The summed E-state index contributed by atoms with van der Waals surface area (Å²) in [4.78, 5) is 12.2. The fraction of sp³-hybridized carbons (Fsp3) is 0.235.